The summed E-state index contributed by atoms with van der Waals surface area (Å²) in [4.78, 5) is 8.87. The fraction of sp³-hybridized carbons (Fsp3) is 0.125. The Morgan fingerprint density at radius 1 is 1.39 bits per heavy atom. The number of hydrazone groups is 1. The molecule has 23 heavy (non-hydrogen) atoms. The molecule has 0 spiro atoms. The summed E-state index contributed by atoms with van der Waals surface area (Å²) in [5, 5.41) is 6.96. The lowest BCUT2D eigenvalue weighted by atomic mass is 10.1. The summed E-state index contributed by atoms with van der Waals surface area (Å²) in [6.45, 7) is 0. The average molecular weight is 324 g/mol. The second kappa shape index (κ2) is 6.13. The van der Waals surface area contributed by atoms with E-state index in [0.717, 1.165) is 27.9 Å². The molecule has 0 aliphatic heterocycles. The summed E-state index contributed by atoms with van der Waals surface area (Å²) < 4.78 is 1.93. The Balaban J connectivity index is 2.15. The van der Waals surface area contributed by atoms with Crippen LogP contribution in [0.2, 0.25) is 0 Å². The van der Waals surface area contributed by atoms with Crippen LogP contribution in [0.25, 0.3) is 22.3 Å². The highest BCUT2D eigenvalue weighted by Gasteiger charge is 2.09. The average Bonchev–Trinajstić information content (AvgIpc) is 2.98. The summed E-state index contributed by atoms with van der Waals surface area (Å²) in [5.41, 5.74) is 9.17. The van der Waals surface area contributed by atoms with E-state index in [9.17, 15) is 0 Å². The zero-order valence-electron chi connectivity index (χ0n) is 12.8. The van der Waals surface area contributed by atoms with Gasteiger partial charge in [0.1, 0.15) is 0 Å². The van der Waals surface area contributed by atoms with Crippen molar-refractivity contribution in [3.8, 4) is 11.4 Å². The maximum absolute atomic E-state index is 5.56. The number of nitrogens with two attached hydrogens (primary N) is 1. The molecule has 6 nitrogen and oxygen atoms in total. The molecule has 1 aromatic carbocycles. The number of hydrogen-bond donors (Lipinski definition) is 1. The maximum Gasteiger partial charge on any atom is 0.186 e. The van der Waals surface area contributed by atoms with Crippen molar-refractivity contribution in [3.05, 3.63) is 48.4 Å². The summed E-state index contributed by atoms with van der Waals surface area (Å²) in [6.07, 6.45) is 5.28. The van der Waals surface area contributed by atoms with Gasteiger partial charge in [-0.2, -0.15) is 5.10 Å². The summed E-state index contributed by atoms with van der Waals surface area (Å²) in [5.74, 6) is 0. The van der Waals surface area contributed by atoms with Crippen molar-refractivity contribution in [1.29, 1.82) is 0 Å². The van der Waals surface area contributed by atoms with Gasteiger partial charge < -0.3 is 10.3 Å². The summed E-state index contributed by atoms with van der Waals surface area (Å²) in [7, 11) is 3.65. The van der Waals surface area contributed by atoms with Crippen molar-refractivity contribution >= 4 is 34.4 Å². The number of benzene rings is 1. The minimum absolute atomic E-state index is 0.214. The van der Waals surface area contributed by atoms with Crippen LogP contribution in [0.5, 0.6) is 0 Å². The van der Waals surface area contributed by atoms with E-state index in [1.165, 1.54) is 5.01 Å². The van der Waals surface area contributed by atoms with Crippen molar-refractivity contribution in [2.75, 3.05) is 7.05 Å². The van der Waals surface area contributed by atoms with E-state index >= 15 is 0 Å². The van der Waals surface area contributed by atoms with Crippen molar-refractivity contribution in [2.24, 2.45) is 17.9 Å². The number of nitrogens with zero attached hydrogens (tertiary/aromatic N) is 5. The smallest absolute Gasteiger partial charge is 0.186 e. The lowest BCUT2D eigenvalue weighted by Gasteiger charge is -2.10. The number of thiocarbonyl (C=S) groups is 1. The molecule has 0 fully saturated rings. The normalized spacial score (nSPS) is 11.2. The van der Waals surface area contributed by atoms with E-state index in [1.807, 2.05) is 41.9 Å². The van der Waals surface area contributed by atoms with Crippen LogP contribution in [-0.4, -0.2) is 37.9 Å². The number of fused-ring (bicyclic) bond motifs is 1. The quantitative estimate of drug-likeness (QED) is 0.454. The minimum Gasteiger partial charge on any atom is -0.375 e. The van der Waals surface area contributed by atoms with E-state index in [2.05, 4.69) is 10.1 Å². The van der Waals surface area contributed by atoms with Gasteiger partial charge in [0, 0.05) is 25.0 Å². The Morgan fingerprint density at radius 2 is 2.17 bits per heavy atom. The minimum atomic E-state index is 0.214. The third kappa shape index (κ3) is 3.04. The van der Waals surface area contributed by atoms with E-state index in [4.69, 9.17) is 22.9 Å². The maximum atomic E-state index is 5.56. The van der Waals surface area contributed by atoms with Crippen LogP contribution in [0.3, 0.4) is 0 Å². The number of aryl methyl sites for hydroxylation is 1. The van der Waals surface area contributed by atoms with E-state index in [1.54, 1.807) is 25.8 Å². The Bertz CT molecular complexity index is 898. The Hall–Kier alpha value is -2.80. The Kier molecular flexibility index (Phi) is 4.03. The first-order valence-electron chi connectivity index (χ1n) is 7.00. The number of hydrogen-bond acceptors (Lipinski definition) is 4. The first kappa shape index (κ1) is 15.1. The Labute approximate surface area is 139 Å². The van der Waals surface area contributed by atoms with Gasteiger partial charge in [0.2, 0.25) is 0 Å². The number of aromatic nitrogens is 3. The van der Waals surface area contributed by atoms with Crippen LogP contribution >= 0.6 is 12.2 Å². The second-order valence-corrected chi connectivity index (χ2v) is 5.53. The highest BCUT2D eigenvalue weighted by atomic mass is 32.1. The molecule has 3 aromatic rings. The molecule has 2 heterocycles. The fourth-order valence-corrected chi connectivity index (χ4v) is 2.30. The molecule has 116 valence electrons. The highest BCUT2D eigenvalue weighted by Crippen LogP contribution is 2.23. The van der Waals surface area contributed by atoms with Crippen LogP contribution in [0.1, 0.15) is 5.56 Å². The zero-order chi connectivity index (χ0) is 16.4. The van der Waals surface area contributed by atoms with Gasteiger partial charge in [-0.3, -0.25) is 0 Å². The van der Waals surface area contributed by atoms with Gasteiger partial charge in [-0.25, -0.2) is 15.0 Å². The van der Waals surface area contributed by atoms with Crippen molar-refractivity contribution in [1.82, 2.24) is 19.5 Å². The molecule has 0 unspecified atom stereocenters. The molecule has 7 heteroatoms. The predicted octanol–water partition coefficient (Wildman–Crippen LogP) is 2.14. The molecule has 0 radical (unpaired) electrons. The van der Waals surface area contributed by atoms with Crippen LogP contribution in [0.15, 0.2) is 48.0 Å². The molecule has 0 aliphatic rings. The first-order chi connectivity index (χ1) is 11.1. The molecule has 2 N–H and O–H groups in total. The molecular weight excluding hydrogens is 308 g/mol. The fourth-order valence-electron chi connectivity index (χ4n) is 2.25. The molecule has 0 atom stereocenters. The van der Waals surface area contributed by atoms with Gasteiger partial charge in [-0.05, 0) is 24.4 Å². The molecule has 0 saturated heterocycles. The highest BCUT2D eigenvalue weighted by molar-refractivity contribution is 7.80. The lowest BCUT2D eigenvalue weighted by Crippen LogP contribution is -2.27. The number of para-hydroxylation sites is 1. The zero-order valence-corrected chi connectivity index (χ0v) is 13.7. The first-order valence-corrected chi connectivity index (χ1v) is 7.40. The molecule has 0 bridgehead atoms. The van der Waals surface area contributed by atoms with Crippen LogP contribution in [-0.2, 0) is 7.05 Å². The van der Waals surface area contributed by atoms with Crippen molar-refractivity contribution in [2.45, 2.75) is 0 Å². The van der Waals surface area contributed by atoms with Crippen LogP contribution in [0, 0.1) is 0 Å². The van der Waals surface area contributed by atoms with Gasteiger partial charge in [0.25, 0.3) is 0 Å². The monoisotopic (exact) mass is 324 g/mol. The number of imidazole rings is 1. The lowest BCUT2D eigenvalue weighted by molar-refractivity contribution is 0.552. The molecule has 0 amide bonds. The third-order valence-corrected chi connectivity index (χ3v) is 3.78. The van der Waals surface area contributed by atoms with E-state index in [0.29, 0.717) is 0 Å². The number of rotatable bonds is 3. The largest absolute Gasteiger partial charge is 0.375 e. The predicted molar refractivity (Wildman–Crippen MR) is 96.1 cm³/mol. The third-order valence-electron chi connectivity index (χ3n) is 3.52. The molecule has 3 rings (SSSR count). The van der Waals surface area contributed by atoms with Gasteiger partial charge >= 0.3 is 0 Å². The van der Waals surface area contributed by atoms with Gasteiger partial charge in [0.15, 0.2) is 5.11 Å². The van der Waals surface area contributed by atoms with Crippen LogP contribution < -0.4 is 5.73 Å². The molecular formula is C16H16N6S. The van der Waals surface area contributed by atoms with Crippen molar-refractivity contribution in [3.63, 3.8) is 0 Å². The molecule has 2 aromatic heterocycles. The summed E-state index contributed by atoms with van der Waals surface area (Å²) >= 11 is 4.90. The van der Waals surface area contributed by atoms with E-state index in [-0.39, 0.29) is 5.11 Å². The molecule has 0 aliphatic carbocycles. The second-order valence-electron chi connectivity index (χ2n) is 5.11. The topological polar surface area (TPSA) is 72.3 Å². The summed E-state index contributed by atoms with van der Waals surface area (Å²) in [6, 6.07) is 9.91. The Morgan fingerprint density at radius 3 is 2.87 bits per heavy atom. The van der Waals surface area contributed by atoms with Gasteiger partial charge in [-0.15, -0.1) is 0 Å². The van der Waals surface area contributed by atoms with Gasteiger partial charge in [-0.1, -0.05) is 18.2 Å². The number of pyridine rings is 1. The molecule has 0 saturated carbocycles. The SMILES string of the molecule is CN(N=Cc1cc(-c2cncn2C)nc2ccccc12)C(N)=S. The van der Waals surface area contributed by atoms with Crippen molar-refractivity contribution < 1.29 is 0 Å². The van der Waals surface area contributed by atoms with Crippen LogP contribution in [0.4, 0.5) is 0 Å². The standard InChI is InChI=1S/C16H16N6S/c1-21-10-18-9-15(21)14-7-11(8-19-22(2)16(17)23)12-5-3-4-6-13(12)20-14/h3-10H,1-2H3,(H2,17,23). The van der Waals surface area contributed by atoms with Gasteiger partial charge in [0.05, 0.1) is 35.6 Å². The van der Waals surface area contributed by atoms with E-state index < -0.39 is 0 Å².